The third kappa shape index (κ3) is 4.45. The van der Waals surface area contributed by atoms with Crippen molar-refractivity contribution in [2.45, 2.75) is 58.4 Å². The molecule has 0 atom stereocenters. The fourth-order valence-electron chi connectivity index (χ4n) is 4.00. The number of imidazole rings is 2. The number of aliphatic imine (C=N–C) groups is 1. The Bertz CT molecular complexity index is 1140. The van der Waals surface area contributed by atoms with E-state index >= 15 is 0 Å². The quantitative estimate of drug-likeness (QED) is 0.227. The molecule has 0 bridgehead atoms. The van der Waals surface area contributed by atoms with Crippen LogP contribution in [0.5, 0.6) is 0 Å². The van der Waals surface area contributed by atoms with Gasteiger partial charge in [-0.25, -0.2) is 15.0 Å². The maximum Gasteiger partial charge on any atom is 0.230 e. The van der Waals surface area contributed by atoms with E-state index < -0.39 is 0 Å². The van der Waals surface area contributed by atoms with Crippen LogP contribution in [0.4, 0.5) is 5.95 Å². The predicted molar refractivity (Wildman–Crippen MR) is 126 cm³/mol. The molecule has 0 N–H and O–H groups in total. The molecule has 0 radical (unpaired) electrons. The molecule has 0 saturated carbocycles. The summed E-state index contributed by atoms with van der Waals surface area (Å²) in [4.78, 5) is 14.2. The first-order valence-electron chi connectivity index (χ1n) is 11.2. The van der Waals surface area contributed by atoms with Crippen molar-refractivity contribution in [2.24, 2.45) is 12.0 Å². The van der Waals surface area contributed by atoms with Crippen LogP contribution in [0.3, 0.4) is 0 Å². The normalized spacial score (nSPS) is 11.9. The Labute approximate surface area is 178 Å². The lowest BCUT2D eigenvalue weighted by molar-refractivity contribution is 0.556. The van der Waals surface area contributed by atoms with Crippen molar-refractivity contribution in [1.29, 1.82) is 0 Å². The van der Waals surface area contributed by atoms with Crippen molar-refractivity contribution in [2.75, 3.05) is 0 Å². The number of rotatable bonds is 10. The number of unbranched alkanes of at least 4 members (excludes halogenated alkanes) is 6. The van der Waals surface area contributed by atoms with Crippen LogP contribution in [0.15, 0.2) is 53.5 Å². The Hall–Kier alpha value is -2.95. The Morgan fingerprint density at radius 1 is 0.800 bits per heavy atom. The van der Waals surface area contributed by atoms with Crippen LogP contribution in [-0.4, -0.2) is 25.3 Å². The lowest BCUT2D eigenvalue weighted by Gasteiger charge is -2.07. The highest BCUT2D eigenvalue weighted by Crippen LogP contribution is 2.23. The highest BCUT2D eigenvalue weighted by molar-refractivity contribution is 5.86. The molecule has 0 aliphatic rings. The van der Waals surface area contributed by atoms with Gasteiger partial charge in [0.25, 0.3) is 0 Å². The van der Waals surface area contributed by atoms with Crippen LogP contribution in [0, 0.1) is 0 Å². The van der Waals surface area contributed by atoms with E-state index in [9.17, 15) is 0 Å². The van der Waals surface area contributed by atoms with Gasteiger partial charge in [0.05, 0.1) is 28.3 Å². The molecule has 156 valence electrons. The maximum absolute atomic E-state index is 4.78. The molecule has 0 saturated heterocycles. The minimum absolute atomic E-state index is 0.759. The van der Waals surface area contributed by atoms with Gasteiger partial charge in [-0.3, -0.25) is 0 Å². The topological polar surface area (TPSA) is 48.0 Å². The number of aryl methyl sites for hydroxylation is 2. The van der Waals surface area contributed by atoms with E-state index in [2.05, 4.69) is 40.3 Å². The molecule has 5 nitrogen and oxygen atoms in total. The molecule has 4 aromatic rings. The second-order valence-electron chi connectivity index (χ2n) is 7.95. The number of aromatic nitrogens is 4. The maximum atomic E-state index is 4.78. The van der Waals surface area contributed by atoms with Gasteiger partial charge < -0.3 is 9.13 Å². The van der Waals surface area contributed by atoms with Gasteiger partial charge in [0.15, 0.2) is 5.82 Å². The summed E-state index contributed by atoms with van der Waals surface area (Å²) in [5.41, 5.74) is 4.24. The molecular weight excluding hydrogens is 370 g/mol. The van der Waals surface area contributed by atoms with E-state index in [4.69, 9.17) is 15.0 Å². The average Bonchev–Trinajstić information content (AvgIpc) is 3.29. The summed E-state index contributed by atoms with van der Waals surface area (Å²) in [6.07, 6.45) is 10.9. The fraction of sp³-hybridized carbons (Fsp3) is 0.400. The zero-order valence-corrected chi connectivity index (χ0v) is 18.1. The van der Waals surface area contributed by atoms with Crippen LogP contribution < -0.4 is 0 Å². The Kier molecular flexibility index (Phi) is 6.57. The summed E-state index contributed by atoms with van der Waals surface area (Å²) >= 11 is 0. The van der Waals surface area contributed by atoms with Crippen molar-refractivity contribution < 1.29 is 0 Å². The van der Waals surface area contributed by atoms with E-state index in [1.165, 1.54) is 38.5 Å². The Balaban J connectivity index is 1.52. The smallest absolute Gasteiger partial charge is 0.230 e. The number of hydrogen-bond acceptors (Lipinski definition) is 3. The van der Waals surface area contributed by atoms with Crippen LogP contribution in [0.2, 0.25) is 0 Å². The second kappa shape index (κ2) is 9.70. The van der Waals surface area contributed by atoms with Crippen molar-refractivity contribution >= 4 is 34.2 Å². The summed E-state index contributed by atoms with van der Waals surface area (Å²) in [6.45, 7) is 3.21. The molecule has 0 aliphatic carbocycles. The van der Waals surface area contributed by atoms with Gasteiger partial charge in [-0.2, -0.15) is 0 Å². The molecule has 2 aromatic heterocycles. The Morgan fingerprint density at radius 3 is 2.17 bits per heavy atom. The van der Waals surface area contributed by atoms with E-state index in [1.54, 1.807) is 0 Å². The summed E-state index contributed by atoms with van der Waals surface area (Å²) in [7, 11) is 2.03. The lowest BCUT2D eigenvalue weighted by Crippen LogP contribution is -1.99. The van der Waals surface area contributed by atoms with Gasteiger partial charge in [0, 0.05) is 13.6 Å². The van der Waals surface area contributed by atoms with Gasteiger partial charge in [-0.15, -0.1) is 0 Å². The molecule has 0 fully saturated rings. The third-order valence-corrected chi connectivity index (χ3v) is 5.74. The van der Waals surface area contributed by atoms with Crippen LogP contribution >= 0.6 is 0 Å². The van der Waals surface area contributed by atoms with Crippen LogP contribution in [0.1, 0.15) is 57.7 Å². The summed E-state index contributed by atoms with van der Waals surface area (Å²) in [5, 5.41) is 0. The lowest BCUT2D eigenvalue weighted by atomic mass is 10.1. The number of nitrogens with zero attached hydrogens (tertiary/aromatic N) is 5. The summed E-state index contributed by atoms with van der Waals surface area (Å²) < 4.78 is 4.32. The molecule has 0 unspecified atom stereocenters. The van der Waals surface area contributed by atoms with Crippen molar-refractivity contribution in [3.05, 3.63) is 54.4 Å². The third-order valence-electron chi connectivity index (χ3n) is 5.74. The summed E-state index contributed by atoms with van der Waals surface area (Å²) in [5.74, 6) is 1.60. The van der Waals surface area contributed by atoms with Gasteiger partial charge in [-0.05, 0) is 30.7 Å². The number of hydrogen-bond donors (Lipinski definition) is 0. The van der Waals surface area contributed by atoms with Gasteiger partial charge >= 0.3 is 0 Å². The largest absolute Gasteiger partial charge is 0.326 e. The second-order valence-corrected chi connectivity index (χ2v) is 7.95. The minimum atomic E-state index is 0.759. The highest BCUT2D eigenvalue weighted by atomic mass is 15.2. The van der Waals surface area contributed by atoms with Gasteiger partial charge in [0.2, 0.25) is 5.95 Å². The monoisotopic (exact) mass is 401 g/mol. The van der Waals surface area contributed by atoms with Crippen LogP contribution in [-0.2, 0) is 13.6 Å². The molecule has 4 rings (SSSR count). The molecule has 0 spiro atoms. The SMILES string of the molecule is CCCCCCCCCn1c(N=Cc2nc3ccccc3n2C)nc2ccccc21. The first kappa shape index (κ1) is 20.3. The molecule has 2 aromatic carbocycles. The van der Waals surface area contributed by atoms with Gasteiger partial charge in [-0.1, -0.05) is 69.7 Å². The molecular formula is C25H31N5. The zero-order valence-electron chi connectivity index (χ0n) is 18.1. The molecule has 30 heavy (non-hydrogen) atoms. The molecule has 2 heterocycles. The number of fused-ring (bicyclic) bond motifs is 2. The van der Waals surface area contributed by atoms with Crippen LogP contribution in [0.25, 0.3) is 22.1 Å². The number of para-hydroxylation sites is 4. The van der Waals surface area contributed by atoms with Crippen molar-refractivity contribution in [3.8, 4) is 0 Å². The van der Waals surface area contributed by atoms with E-state index in [0.29, 0.717) is 0 Å². The van der Waals surface area contributed by atoms with Crippen molar-refractivity contribution in [3.63, 3.8) is 0 Å². The molecule has 0 amide bonds. The number of benzene rings is 2. The first-order chi connectivity index (χ1) is 14.8. The zero-order chi connectivity index (χ0) is 20.8. The Morgan fingerprint density at radius 2 is 1.43 bits per heavy atom. The van der Waals surface area contributed by atoms with E-state index in [0.717, 1.165) is 46.8 Å². The first-order valence-corrected chi connectivity index (χ1v) is 11.2. The molecule has 5 heteroatoms. The summed E-state index contributed by atoms with van der Waals surface area (Å²) in [6, 6.07) is 16.5. The molecule has 0 aliphatic heterocycles. The van der Waals surface area contributed by atoms with E-state index in [-0.39, 0.29) is 0 Å². The standard InChI is InChI=1S/C25H31N5/c1-3-4-5-6-7-8-13-18-30-23-17-12-10-15-21(23)28-25(30)26-19-24-27-20-14-9-11-16-22(20)29(24)2/h9-12,14-17,19H,3-8,13,18H2,1-2H3. The minimum Gasteiger partial charge on any atom is -0.326 e. The van der Waals surface area contributed by atoms with E-state index in [1.807, 2.05) is 37.5 Å². The van der Waals surface area contributed by atoms with Gasteiger partial charge in [0.1, 0.15) is 0 Å². The van der Waals surface area contributed by atoms with Crippen molar-refractivity contribution in [1.82, 2.24) is 19.1 Å². The fourth-order valence-corrected chi connectivity index (χ4v) is 4.00. The highest BCUT2D eigenvalue weighted by Gasteiger charge is 2.10. The predicted octanol–water partition coefficient (Wildman–Crippen LogP) is 6.42. The average molecular weight is 402 g/mol.